The quantitative estimate of drug-likeness (QED) is 0.472. The SMILES string of the molecule is COc1ccc2nc(OC3CCN(C(=O)c4cc(-c5ccco5)on4)CC3)sc2c1. The first-order valence-corrected chi connectivity index (χ1v) is 10.4. The van der Waals surface area contributed by atoms with Gasteiger partial charge in [0, 0.05) is 32.0 Å². The minimum atomic E-state index is -0.151. The van der Waals surface area contributed by atoms with E-state index >= 15 is 0 Å². The minimum Gasteiger partial charge on any atom is -0.497 e. The van der Waals surface area contributed by atoms with Crippen molar-refractivity contribution in [1.82, 2.24) is 15.0 Å². The first-order chi connectivity index (χ1) is 14.7. The lowest BCUT2D eigenvalue weighted by Gasteiger charge is -2.31. The van der Waals surface area contributed by atoms with Crippen molar-refractivity contribution in [2.24, 2.45) is 0 Å². The Hall–Kier alpha value is -3.33. The summed E-state index contributed by atoms with van der Waals surface area (Å²) in [6.07, 6.45) is 3.03. The number of hydrogen-bond acceptors (Lipinski definition) is 8. The van der Waals surface area contributed by atoms with Gasteiger partial charge in [0.2, 0.25) is 5.76 Å². The third-order valence-electron chi connectivity index (χ3n) is 5.07. The highest BCUT2D eigenvalue weighted by Gasteiger charge is 2.27. The van der Waals surface area contributed by atoms with Crippen molar-refractivity contribution in [2.45, 2.75) is 18.9 Å². The normalized spacial score (nSPS) is 14.9. The molecule has 0 atom stereocenters. The summed E-state index contributed by atoms with van der Waals surface area (Å²) in [5.41, 5.74) is 1.17. The number of nitrogens with zero attached hydrogens (tertiary/aromatic N) is 3. The summed E-state index contributed by atoms with van der Waals surface area (Å²) in [6.45, 7) is 1.18. The van der Waals surface area contributed by atoms with Gasteiger partial charge in [0.25, 0.3) is 11.1 Å². The summed E-state index contributed by atoms with van der Waals surface area (Å²) in [6, 6.07) is 10.9. The number of aromatic nitrogens is 2. The average Bonchev–Trinajstić information content (AvgIpc) is 3.53. The molecule has 5 rings (SSSR count). The Balaban J connectivity index is 1.19. The topological polar surface area (TPSA) is 90.8 Å². The molecule has 0 radical (unpaired) electrons. The van der Waals surface area contributed by atoms with Gasteiger partial charge >= 0.3 is 0 Å². The fourth-order valence-corrected chi connectivity index (χ4v) is 4.36. The molecule has 9 heteroatoms. The molecule has 1 aliphatic rings. The summed E-state index contributed by atoms with van der Waals surface area (Å²) in [5.74, 6) is 1.63. The average molecular weight is 425 g/mol. The number of methoxy groups -OCH3 is 1. The van der Waals surface area contributed by atoms with E-state index < -0.39 is 0 Å². The Bertz CT molecular complexity index is 1160. The fraction of sp³-hybridized carbons (Fsp3) is 0.286. The van der Waals surface area contributed by atoms with Crippen molar-refractivity contribution in [3.8, 4) is 22.5 Å². The first-order valence-electron chi connectivity index (χ1n) is 9.61. The van der Waals surface area contributed by atoms with Crippen LogP contribution in [-0.4, -0.2) is 47.3 Å². The van der Waals surface area contributed by atoms with Gasteiger partial charge in [-0.1, -0.05) is 16.5 Å². The van der Waals surface area contributed by atoms with E-state index in [1.807, 2.05) is 18.2 Å². The van der Waals surface area contributed by atoms with Gasteiger partial charge in [-0.15, -0.1) is 0 Å². The Labute approximate surface area is 176 Å². The van der Waals surface area contributed by atoms with Crippen LogP contribution >= 0.6 is 11.3 Å². The molecule has 1 aliphatic heterocycles. The fourth-order valence-electron chi connectivity index (χ4n) is 3.45. The van der Waals surface area contributed by atoms with Crippen LogP contribution in [0.4, 0.5) is 0 Å². The van der Waals surface area contributed by atoms with Crippen LogP contribution in [0.1, 0.15) is 23.3 Å². The lowest BCUT2D eigenvalue weighted by molar-refractivity contribution is 0.0586. The van der Waals surface area contributed by atoms with E-state index in [2.05, 4.69) is 10.1 Å². The van der Waals surface area contributed by atoms with E-state index in [9.17, 15) is 4.79 Å². The minimum absolute atomic E-state index is 0.0208. The molecule has 0 unspecified atom stereocenters. The Morgan fingerprint density at radius 1 is 1.20 bits per heavy atom. The van der Waals surface area contributed by atoms with Crippen LogP contribution in [0.5, 0.6) is 10.9 Å². The highest BCUT2D eigenvalue weighted by Crippen LogP contribution is 2.32. The van der Waals surface area contributed by atoms with Gasteiger partial charge in [-0.25, -0.2) is 4.98 Å². The molecule has 8 nitrogen and oxygen atoms in total. The van der Waals surface area contributed by atoms with Gasteiger partial charge in [-0.2, -0.15) is 0 Å². The molecule has 1 aromatic carbocycles. The van der Waals surface area contributed by atoms with Crippen LogP contribution in [0.15, 0.2) is 51.6 Å². The zero-order valence-electron chi connectivity index (χ0n) is 16.2. The largest absolute Gasteiger partial charge is 0.497 e. The van der Waals surface area contributed by atoms with Crippen LogP contribution in [-0.2, 0) is 0 Å². The molecule has 0 spiro atoms. The number of hydrogen-bond donors (Lipinski definition) is 0. The maximum Gasteiger partial charge on any atom is 0.276 e. The molecule has 4 aromatic rings. The van der Waals surface area contributed by atoms with Crippen molar-refractivity contribution in [1.29, 1.82) is 0 Å². The van der Waals surface area contributed by atoms with Crippen LogP contribution in [0.3, 0.4) is 0 Å². The van der Waals surface area contributed by atoms with Crippen LogP contribution in [0.2, 0.25) is 0 Å². The van der Waals surface area contributed by atoms with Crippen molar-refractivity contribution in [2.75, 3.05) is 20.2 Å². The molecule has 1 fully saturated rings. The van der Waals surface area contributed by atoms with Crippen LogP contribution in [0, 0.1) is 0 Å². The van der Waals surface area contributed by atoms with Gasteiger partial charge in [-0.3, -0.25) is 4.79 Å². The zero-order valence-corrected chi connectivity index (χ0v) is 17.1. The van der Waals surface area contributed by atoms with E-state index in [0.717, 1.165) is 28.8 Å². The Morgan fingerprint density at radius 3 is 2.83 bits per heavy atom. The van der Waals surface area contributed by atoms with E-state index in [0.29, 0.717) is 29.8 Å². The molecular formula is C21H19N3O5S. The number of ether oxygens (including phenoxy) is 2. The number of rotatable bonds is 5. The standard InChI is InChI=1S/C21H19N3O5S/c1-26-14-4-5-15-19(11-14)30-21(22-15)28-13-6-8-24(9-7-13)20(25)16-12-18(29-23-16)17-3-2-10-27-17/h2-5,10-13H,6-9H2,1H3. The third kappa shape index (κ3) is 3.63. The predicted molar refractivity (Wildman–Crippen MR) is 110 cm³/mol. The summed E-state index contributed by atoms with van der Waals surface area (Å²) >= 11 is 1.50. The highest BCUT2D eigenvalue weighted by atomic mass is 32.1. The van der Waals surface area contributed by atoms with Gasteiger partial charge in [-0.05, 0) is 30.3 Å². The molecule has 154 valence electrons. The van der Waals surface area contributed by atoms with E-state index in [1.54, 1.807) is 36.5 Å². The van der Waals surface area contributed by atoms with Crippen molar-refractivity contribution in [3.05, 3.63) is 48.4 Å². The van der Waals surface area contributed by atoms with Gasteiger partial charge in [0.15, 0.2) is 11.5 Å². The smallest absolute Gasteiger partial charge is 0.276 e. The Kier molecular flexibility index (Phi) is 4.88. The molecule has 1 saturated heterocycles. The number of carbonyl (C=O) groups is 1. The summed E-state index contributed by atoms with van der Waals surface area (Å²) in [7, 11) is 1.64. The lowest BCUT2D eigenvalue weighted by atomic mass is 10.1. The summed E-state index contributed by atoms with van der Waals surface area (Å²) in [5, 5.41) is 4.54. The molecular weight excluding hydrogens is 406 g/mol. The molecule has 3 aromatic heterocycles. The maximum absolute atomic E-state index is 12.7. The predicted octanol–water partition coefficient (Wildman–Crippen LogP) is 4.24. The number of thiazole rings is 1. The van der Waals surface area contributed by atoms with Gasteiger partial charge < -0.3 is 23.3 Å². The highest BCUT2D eigenvalue weighted by molar-refractivity contribution is 7.20. The summed E-state index contributed by atoms with van der Waals surface area (Å²) < 4.78 is 22.9. The second-order valence-electron chi connectivity index (χ2n) is 6.98. The second-order valence-corrected chi connectivity index (χ2v) is 7.97. The molecule has 0 aliphatic carbocycles. The number of fused-ring (bicyclic) bond motifs is 1. The number of amides is 1. The zero-order chi connectivity index (χ0) is 20.5. The molecule has 0 N–H and O–H groups in total. The van der Waals surface area contributed by atoms with Crippen LogP contribution in [0.25, 0.3) is 21.7 Å². The monoisotopic (exact) mass is 425 g/mol. The molecule has 0 bridgehead atoms. The van der Waals surface area contributed by atoms with Crippen LogP contribution < -0.4 is 9.47 Å². The van der Waals surface area contributed by atoms with Crippen molar-refractivity contribution < 1.29 is 23.2 Å². The number of carbonyl (C=O) groups excluding carboxylic acids is 1. The van der Waals surface area contributed by atoms with Crippen molar-refractivity contribution in [3.63, 3.8) is 0 Å². The maximum atomic E-state index is 12.7. The Morgan fingerprint density at radius 2 is 2.07 bits per heavy atom. The van der Waals surface area contributed by atoms with Gasteiger partial charge in [0.05, 0.1) is 23.6 Å². The van der Waals surface area contributed by atoms with E-state index in [4.69, 9.17) is 18.4 Å². The van der Waals surface area contributed by atoms with E-state index in [-0.39, 0.29) is 17.7 Å². The molecule has 0 saturated carbocycles. The lowest BCUT2D eigenvalue weighted by Crippen LogP contribution is -2.41. The molecule has 30 heavy (non-hydrogen) atoms. The number of piperidine rings is 1. The molecule has 4 heterocycles. The van der Waals surface area contributed by atoms with E-state index in [1.165, 1.54) is 11.3 Å². The van der Waals surface area contributed by atoms with Crippen molar-refractivity contribution >= 4 is 27.5 Å². The molecule has 1 amide bonds. The number of furan rings is 1. The number of likely N-dealkylation sites (tertiary alicyclic amines) is 1. The summed E-state index contributed by atoms with van der Waals surface area (Å²) in [4.78, 5) is 19.0. The first kappa shape index (κ1) is 18.7. The second kappa shape index (κ2) is 7.83. The third-order valence-corrected chi connectivity index (χ3v) is 5.97. The number of benzene rings is 1. The van der Waals surface area contributed by atoms with Gasteiger partial charge in [0.1, 0.15) is 11.9 Å².